The van der Waals surface area contributed by atoms with Crippen LogP contribution in [0.2, 0.25) is 0 Å². The molecule has 4 rings (SSSR count). The van der Waals surface area contributed by atoms with Crippen molar-refractivity contribution in [3.05, 3.63) is 77.4 Å². The molecule has 0 N–H and O–H groups in total. The van der Waals surface area contributed by atoms with E-state index >= 15 is 0 Å². The molecule has 0 radical (unpaired) electrons. The minimum Gasteiger partial charge on any atom is -0.454 e. The minimum atomic E-state index is -4.83. The number of aryl methyl sites for hydroxylation is 1. The summed E-state index contributed by atoms with van der Waals surface area (Å²) in [6, 6.07) is 13.5. The van der Waals surface area contributed by atoms with Crippen LogP contribution < -0.4 is 9.47 Å². The Hall–Kier alpha value is -3.09. The molecular formula is C33H37F5O2. The molecule has 1 fully saturated rings. The van der Waals surface area contributed by atoms with E-state index in [1.54, 1.807) is 6.92 Å². The lowest BCUT2D eigenvalue weighted by molar-refractivity contribution is -0.274. The summed E-state index contributed by atoms with van der Waals surface area (Å²) in [5.74, 6) is -1.25. The number of alkyl halides is 3. The predicted octanol–water partition coefficient (Wildman–Crippen LogP) is 11.0. The highest BCUT2D eigenvalue weighted by molar-refractivity contribution is 5.70. The number of rotatable bonds is 11. The Morgan fingerprint density at radius 1 is 0.800 bits per heavy atom. The van der Waals surface area contributed by atoms with Gasteiger partial charge in [0.15, 0.2) is 11.6 Å². The number of ether oxygens (including phenoxy) is 2. The quantitative estimate of drug-likeness (QED) is 0.172. The Morgan fingerprint density at radius 2 is 1.40 bits per heavy atom. The van der Waals surface area contributed by atoms with Gasteiger partial charge in [0.25, 0.3) is 0 Å². The molecule has 3 aromatic carbocycles. The third-order valence-electron chi connectivity index (χ3n) is 7.99. The van der Waals surface area contributed by atoms with Gasteiger partial charge < -0.3 is 9.47 Å². The first-order valence-electron chi connectivity index (χ1n) is 14.2. The molecule has 0 unspecified atom stereocenters. The second-order valence-corrected chi connectivity index (χ2v) is 10.9. The normalized spacial score (nSPS) is 17.6. The molecule has 0 aromatic heterocycles. The van der Waals surface area contributed by atoms with E-state index in [-0.39, 0.29) is 11.5 Å². The van der Waals surface area contributed by atoms with Crippen LogP contribution >= 0.6 is 0 Å². The molecule has 2 nitrogen and oxygen atoms in total. The largest absolute Gasteiger partial charge is 0.573 e. The van der Waals surface area contributed by atoms with Gasteiger partial charge in [-0.25, -0.2) is 4.39 Å². The molecular weight excluding hydrogens is 523 g/mol. The maximum Gasteiger partial charge on any atom is 0.573 e. The molecule has 0 amide bonds. The average molecular weight is 561 g/mol. The molecule has 7 heteroatoms. The van der Waals surface area contributed by atoms with E-state index in [9.17, 15) is 22.0 Å². The van der Waals surface area contributed by atoms with Crippen LogP contribution in [-0.2, 0) is 6.42 Å². The zero-order chi connectivity index (χ0) is 28.7. The lowest BCUT2D eigenvalue weighted by Gasteiger charge is -2.28. The summed E-state index contributed by atoms with van der Waals surface area (Å²) in [5.41, 5.74) is 2.81. The van der Waals surface area contributed by atoms with Crippen molar-refractivity contribution in [1.82, 2.24) is 0 Å². The van der Waals surface area contributed by atoms with E-state index in [1.807, 2.05) is 24.3 Å². The Bertz CT molecular complexity index is 1230. The molecule has 1 aliphatic rings. The number of benzene rings is 3. The van der Waals surface area contributed by atoms with Gasteiger partial charge in [0.1, 0.15) is 11.5 Å². The minimum absolute atomic E-state index is 0.0541. The van der Waals surface area contributed by atoms with Crippen molar-refractivity contribution >= 4 is 0 Å². The maximum absolute atomic E-state index is 14.7. The molecule has 0 bridgehead atoms. The van der Waals surface area contributed by atoms with Crippen LogP contribution in [0.5, 0.6) is 17.2 Å². The molecule has 1 aliphatic carbocycles. The third kappa shape index (κ3) is 8.21. The van der Waals surface area contributed by atoms with Gasteiger partial charge in [0, 0.05) is 5.56 Å². The second kappa shape index (κ2) is 13.5. The third-order valence-corrected chi connectivity index (χ3v) is 7.99. The van der Waals surface area contributed by atoms with E-state index in [1.165, 1.54) is 69.1 Å². The van der Waals surface area contributed by atoms with Crippen LogP contribution in [0.1, 0.15) is 75.8 Å². The lowest BCUT2D eigenvalue weighted by Crippen LogP contribution is -2.16. The number of hydrogen-bond donors (Lipinski definition) is 0. The van der Waals surface area contributed by atoms with Crippen molar-refractivity contribution in [1.29, 1.82) is 0 Å². The van der Waals surface area contributed by atoms with Crippen LogP contribution in [0, 0.1) is 30.4 Å². The van der Waals surface area contributed by atoms with Crippen LogP contribution in [0.25, 0.3) is 11.1 Å². The average Bonchev–Trinajstić information content (AvgIpc) is 2.93. The molecule has 0 heterocycles. The van der Waals surface area contributed by atoms with Crippen LogP contribution in [0.15, 0.2) is 54.6 Å². The molecule has 1 saturated carbocycles. The Kier molecular flexibility index (Phi) is 10.1. The summed E-state index contributed by atoms with van der Waals surface area (Å²) in [7, 11) is 0. The number of unbranched alkanes of at least 4 members (excludes halogenated alkanes) is 2. The van der Waals surface area contributed by atoms with Gasteiger partial charge >= 0.3 is 6.36 Å². The summed E-state index contributed by atoms with van der Waals surface area (Å²) in [4.78, 5) is 0. The summed E-state index contributed by atoms with van der Waals surface area (Å²) in [6.45, 7) is 3.88. The van der Waals surface area contributed by atoms with Gasteiger partial charge in [0.2, 0.25) is 5.82 Å². The van der Waals surface area contributed by atoms with E-state index in [0.717, 1.165) is 48.4 Å². The van der Waals surface area contributed by atoms with Crippen molar-refractivity contribution in [2.45, 2.75) is 84.4 Å². The molecule has 0 aliphatic heterocycles. The maximum atomic E-state index is 14.7. The Balaban J connectivity index is 1.38. The molecule has 0 atom stereocenters. The van der Waals surface area contributed by atoms with Gasteiger partial charge in [-0.2, -0.15) is 4.39 Å². The summed E-state index contributed by atoms with van der Waals surface area (Å²) in [6.07, 6.45) is 7.99. The topological polar surface area (TPSA) is 18.5 Å². The summed E-state index contributed by atoms with van der Waals surface area (Å²) in [5, 5.41) is 0. The van der Waals surface area contributed by atoms with Gasteiger partial charge in [-0.1, -0.05) is 82.6 Å². The lowest BCUT2D eigenvalue weighted by atomic mass is 9.78. The molecule has 0 spiro atoms. The number of hydrogen-bond acceptors (Lipinski definition) is 2. The van der Waals surface area contributed by atoms with Gasteiger partial charge in [0.05, 0.1) is 0 Å². The SMILES string of the molecule is CCCCC[C@H]1CC[C@H](CCc2ccc(-c3cc(F)c(F)c(Oc4ccc(OC(F)(F)F)cc4)c3C)cc2)CC1. The summed E-state index contributed by atoms with van der Waals surface area (Å²) < 4.78 is 75.9. The van der Waals surface area contributed by atoms with Gasteiger partial charge in [-0.05, 0) is 78.6 Å². The second-order valence-electron chi connectivity index (χ2n) is 10.9. The highest BCUT2D eigenvalue weighted by Gasteiger charge is 2.31. The van der Waals surface area contributed by atoms with Crippen LogP contribution in [-0.4, -0.2) is 6.36 Å². The Morgan fingerprint density at radius 3 is 2.00 bits per heavy atom. The monoisotopic (exact) mass is 560 g/mol. The van der Waals surface area contributed by atoms with Gasteiger partial charge in [-0.15, -0.1) is 13.2 Å². The van der Waals surface area contributed by atoms with Gasteiger partial charge in [-0.3, -0.25) is 0 Å². The predicted molar refractivity (Wildman–Crippen MR) is 148 cm³/mol. The summed E-state index contributed by atoms with van der Waals surface area (Å²) >= 11 is 0. The fourth-order valence-corrected chi connectivity index (χ4v) is 5.66. The first-order valence-corrected chi connectivity index (χ1v) is 14.2. The van der Waals surface area contributed by atoms with Crippen molar-refractivity contribution in [2.24, 2.45) is 11.8 Å². The van der Waals surface area contributed by atoms with Crippen molar-refractivity contribution in [3.8, 4) is 28.4 Å². The van der Waals surface area contributed by atoms with E-state index in [0.29, 0.717) is 11.1 Å². The van der Waals surface area contributed by atoms with Crippen molar-refractivity contribution in [3.63, 3.8) is 0 Å². The first-order chi connectivity index (χ1) is 19.1. The van der Waals surface area contributed by atoms with Crippen molar-refractivity contribution < 1.29 is 31.4 Å². The van der Waals surface area contributed by atoms with Crippen molar-refractivity contribution in [2.75, 3.05) is 0 Å². The van der Waals surface area contributed by atoms with Crippen LogP contribution in [0.4, 0.5) is 22.0 Å². The van der Waals surface area contributed by atoms with Crippen LogP contribution in [0.3, 0.4) is 0 Å². The standard InChI is InChI=1S/C33H37F5O2/c1-3-4-5-6-23-7-9-24(10-8-23)11-12-25-13-15-26(16-14-25)29-21-30(34)31(35)32(22(29)2)39-27-17-19-28(20-18-27)40-33(36,37)38/h13-21,23-24H,3-12H2,1-2H3/t23-,24-. The number of halogens is 5. The smallest absolute Gasteiger partial charge is 0.454 e. The fourth-order valence-electron chi connectivity index (χ4n) is 5.66. The molecule has 40 heavy (non-hydrogen) atoms. The molecule has 0 saturated heterocycles. The zero-order valence-corrected chi connectivity index (χ0v) is 23.1. The first kappa shape index (κ1) is 29.9. The molecule has 216 valence electrons. The zero-order valence-electron chi connectivity index (χ0n) is 23.1. The van der Waals surface area contributed by atoms with E-state index in [4.69, 9.17) is 4.74 Å². The highest BCUT2D eigenvalue weighted by atomic mass is 19.4. The fraction of sp³-hybridized carbons (Fsp3) is 0.455. The van der Waals surface area contributed by atoms with E-state index in [2.05, 4.69) is 11.7 Å². The highest BCUT2D eigenvalue weighted by Crippen LogP contribution is 2.38. The Labute approximate surface area is 233 Å². The van der Waals surface area contributed by atoms with E-state index < -0.39 is 23.7 Å². The molecule has 3 aromatic rings.